The van der Waals surface area contributed by atoms with E-state index in [2.05, 4.69) is 26.3 Å². The van der Waals surface area contributed by atoms with Crippen LogP contribution >= 0.6 is 11.3 Å². The summed E-state index contributed by atoms with van der Waals surface area (Å²) in [4.78, 5) is 23.1. The van der Waals surface area contributed by atoms with Gasteiger partial charge in [0.2, 0.25) is 5.95 Å². The summed E-state index contributed by atoms with van der Waals surface area (Å²) >= 11 is 1.67. The molecular weight excluding hydrogens is 374 g/mol. The molecule has 28 heavy (non-hydrogen) atoms. The van der Waals surface area contributed by atoms with Crippen LogP contribution in [0, 0.1) is 6.92 Å². The van der Waals surface area contributed by atoms with E-state index in [0.717, 1.165) is 40.5 Å². The molecule has 2 aromatic heterocycles. The monoisotopic (exact) mass is 399 g/mol. The van der Waals surface area contributed by atoms with Crippen molar-refractivity contribution in [3.05, 3.63) is 40.3 Å². The molecule has 8 heteroatoms. The maximum atomic E-state index is 11.9. The Morgan fingerprint density at radius 2 is 2.07 bits per heavy atom. The molecule has 1 fully saturated rings. The third-order valence-corrected chi connectivity index (χ3v) is 5.82. The van der Waals surface area contributed by atoms with Gasteiger partial charge in [0.05, 0.1) is 34.9 Å². The van der Waals surface area contributed by atoms with Gasteiger partial charge in [-0.2, -0.15) is 0 Å². The second-order valence-corrected chi connectivity index (χ2v) is 8.03. The van der Waals surface area contributed by atoms with Crippen molar-refractivity contribution in [2.45, 2.75) is 39.3 Å². The van der Waals surface area contributed by atoms with E-state index in [4.69, 9.17) is 9.72 Å². The molecule has 0 radical (unpaired) electrons. The molecule has 0 atom stereocenters. The maximum absolute atomic E-state index is 11.9. The number of hydrogen-bond donors (Lipinski definition) is 1. The number of benzene rings is 1. The van der Waals surface area contributed by atoms with Crippen LogP contribution in [-0.2, 0) is 11.3 Å². The van der Waals surface area contributed by atoms with Crippen LogP contribution in [0.15, 0.2) is 29.6 Å². The molecule has 1 saturated heterocycles. The van der Waals surface area contributed by atoms with Crippen LogP contribution in [0.4, 0.5) is 10.7 Å². The SMILES string of the molecule is CCOC(=O)N1CCC(Nc2nc3ccccc3n2Cc2csc(C)n2)CC1. The summed E-state index contributed by atoms with van der Waals surface area (Å²) < 4.78 is 7.30. The Kier molecular flexibility index (Phi) is 5.47. The molecule has 1 N–H and O–H groups in total. The van der Waals surface area contributed by atoms with Crippen LogP contribution in [0.3, 0.4) is 0 Å². The van der Waals surface area contributed by atoms with Crippen LogP contribution in [0.2, 0.25) is 0 Å². The Morgan fingerprint density at radius 1 is 1.29 bits per heavy atom. The third-order valence-electron chi connectivity index (χ3n) is 5.00. The standard InChI is InChI=1S/C20H25N5O2S/c1-3-27-20(26)24-10-8-15(9-11-24)22-19-23-17-6-4-5-7-18(17)25(19)12-16-13-28-14(2)21-16/h4-7,13,15H,3,8-12H2,1-2H3,(H,22,23). The number of rotatable bonds is 5. The minimum atomic E-state index is -0.216. The first-order valence-corrected chi connectivity index (χ1v) is 10.6. The molecule has 1 aliphatic rings. The minimum absolute atomic E-state index is 0.216. The number of hydrogen-bond acceptors (Lipinski definition) is 6. The van der Waals surface area contributed by atoms with E-state index < -0.39 is 0 Å². The topological polar surface area (TPSA) is 72.3 Å². The number of likely N-dealkylation sites (tertiary alicyclic amines) is 1. The van der Waals surface area contributed by atoms with Gasteiger partial charge in [0, 0.05) is 24.5 Å². The Bertz CT molecular complexity index is 959. The first-order chi connectivity index (χ1) is 13.6. The Morgan fingerprint density at radius 3 is 2.79 bits per heavy atom. The molecule has 1 amide bonds. The van der Waals surface area contributed by atoms with Crippen molar-refractivity contribution in [2.24, 2.45) is 0 Å². The smallest absolute Gasteiger partial charge is 0.409 e. The predicted molar refractivity (Wildman–Crippen MR) is 111 cm³/mol. The Labute approximate surface area is 168 Å². The zero-order chi connectivity index (χ0) is 19.5. The highest BCUT2D eigenvalue weighted by atomic mass is 32.1. The summed E-state index contributed by atoms with van der Waals surface area (Å²) in [5.74, 6) is 0.862. The molecule has 0 bridgehead atoms. The molecule has 0 saturated carbocycles. The summed E-state index contributed by atoms with van der Waals surface area (Å²) in [7, 11) is 0. The van der Waals surface area contributed by atoms with Gasteiger partial charge < -0.3 is 19.5 Å². The summed E-state index contributed by atoms with van der Waals surface area (Å²) in [6, 6.07) is 8.45. The van der Waals surface area contributed by atoms with E-state index in [-0.39, 0.29) is 12.1 Å². The fourth-order valence-corrected chi connectivity index (χ4v) is 4.20. The summed E-state index contributed by atoms with van der Waals surface area (Å²) in [6.45, 7) is 6.35. The zero-order valence-corrected chi connectivity index (χ0v) is 17.0. The first kappa shape index (κ1) is 18.7. The number of amides is 1. The van der Waals surface area contributed by atoms with Gasteiger partial charge in [-0.3, -0.25) is 0 Å². The lowest BCUT2D eigenvalue weighted by atomic mass is 10.1. The summed E-state index contributed by atoms with van der Waals surface area (Å²) in [5.41, 5.74) is 3.12. The van der Waals surface area contributed by atoms with Crippen molar-refractivity contribution in [1.82, 2.24) is 19.4 Å². The lowest BCUT2D eigenvalue weighted by molar-refractivity contribution is 0.0983. The molecule has 7 nitrogen and oxygen atoms in total. The Balaban J connectivity index is 1.51. The minimum Gasteiger partial charge on any atom is -0.450 e. The van der Waals surface area contributed by atoms with Gasteiger partial charge in [-0.25, -0.2) is 14.8 Å². The van der Waals surface area contributed by atoms with Crippen molar-refractivity contribution >= 4 is 34.4 Å². The molecule has 4 rings (SSSR count). The van der Waals surface area contributed by atoms with Crippen LogP contribution in [-0.4, -0.2) is 51.3 Å². The molecule has 0 unspecified atom stereocenters. The zero-order valence-electron chi connectivity index (χ0n) is 16.2. The quantitative estimate of drug-likeness (QED) is 0.705. The molecule has 3 aromatic rings. The number of aryl methyl sites for hydroxylation is 1. The second kappa shape index (κ2) is 8.18. The maximum Gasteiger partial charge on any atom is 0.409 e. The highest BCUT2D eigenvalue weighted by Crippen LogP contribution is 2.24. The van der Waals surface area contributed by atoms with Gasteiger partial charge in [-0.15, -0.1) is 11.3 Å². The normalized spacial score (nSPS) is 15.1. The van der Waals surface area contributed by atoms with Crippen molar-refractivity contribution in [2.75, 3.05) is 25.0 Å². The third kappa shape index (κ3) is 3.96. The first-order valence-electron chi connectivity index (χ1n) is 9.68. The highest BCUT2D eigenvalue weighted by Gasteiger charge is 2.25. The van der Waals surface area contributed by atoms with Crippen molar-refractivity contribution < 1.29 is 9.53 Å². The predicted octanol–water partition coefficient (Wildman–Crippen LogP) is 3.88. The largest absolute Gasteiger partial charge is 0.450 e. The number of ether oxygens (including phenoxy) is 1. The number of nitrogens with one attached hydrogen (secondary N) is 1. The lowest BCUT2D eigenvalue weighted by Crippen LogP contribution is -2.42. The number of piperidine rings is 1. The number of anilines is 1. The van der Waals surface area contributed by atoms with E-state index in [1.807, 2.05) is 32.0 Å². The van der Waals surface area contributed by atoms with Crippen LogP contribution in [0.25, 0.3) is 11.0 Å². The van der Waals surface area contributed by atoms with E-state index in [1.54, 1.807) is 16.2 Å². The number of nitrogens with zero attached hydrogens (tertiary/aromatic N) is 4. The van der Waals surface area contributed by atoms with Crippen molar-refractivity contribution in [3.63, 3.8) is 0 Å². The Hall–Kier alpha value is -2.61. The fraction of sp³-hybridized carbons (Fsp3) is 0.450. The highest BCUT2D eigenvalue weighted by molar-refractivity contribution is 7.09. The van der Waals surface area contributed by atoms with Gasteiger partial charge in [0.1, 0.15) is 0 Å². The van der Waals surface area contributed by atoms with Gasteiger partial charge in [-0.1, -0.05) is 12.1 Å². The van der Waals surface area contributed by atoms with E-state index >= 15 is 0 Å². The molecule has 0 spiro atoms. The number of fused-ring (bicyclic) bond motifs is 1. The summed E-state index contributed by atoms with van der Waals surface area (Å²) in [6.07, 6.45) is 1.53. The van der Waals surface area contributed by atoms with E-state index in [9.17, 15) is 4.79 Å². The number of imidazole rings is 1. The van der Waals surface area contributed by atoms with E-state index in [1.165, 1.54) is 0 Å². The average molecular weight is 400 g/mol. The number of thiazole rings is 1. The molecule has 1 aromatic carbocycles. The number of carbonyl (C=O) groups is 1. The molecule has 148 valence electrons. The molecule has 3 heterocycles. The van der Waals surface area contributed by atoms with Gasteiger partial charge in [-0.05, 0) is 38.8 Å². The number of aromatic nitrogens is 3. The van der Waals surface area contributed by atoms with Gasteiger partial charge in [0.25, 0.3) is 0 Å². The van der Waals surface area contributed by atoms with Gasteiger partial charge in [0.15, 0.2) is 0 Å². The van der Waals surface area contributed by atoms with E-state index in [0.29, 0.717) is 26.2 Å². The van der Waals surface area contributed by atoms with Crippen LogP contribution in [0.5, 0.6) is 0 Å². The van der Waals surface area contributed by atoms with Gasteiger partial charge >= 0.3 is 6.09 Å². The molecular formula is C20H25N5O2S. The van der Waals surface area contributed by atoms with Crippen molar-refractivity contribution in [3.8, 4) is 0 Å². The number of para-hydroxylation sites is 2. The van der Waals surface area contributed by atoms with Crippen LogP contribution < -0.4 is 5.32 Å². The van der Waals surface area contributed by atoms with Crippen LogP contribution in [0.1, 0.15) is 30.5 Å². The summed E-state index contributed by atoms with van der Waals surface area (Å²) in [5, 5.41) is 6.78. The average Bonchev–Trinajstić information content (AvgIpc) is 3.26. The molecule has 0 aliphatic carbocycles. The van der Waals surface area contributed by atoms with Crippen molar-refractivity contribution in [1.29, 1.82) is 0 Å². The number of carbonyl (C=O) groups excluding carboxylic acids is 1. The molecule has 1 aliphatic heterocycles. The lowest BCUT2D eigenvalue weighted by Gasteiger charge is -2.31. The fourth-order valence-electron chi connectivity index (χ4n) is 3.59. The second-order valence-electron chi connectivity index (χ2n) is 6.97.